The molecule has 1 heterocycles. The third kappa shape index (κ3) is 3.16. The number of aryl methyl sites for hydroxylation is 2. The van der Waals surface area contributed by atoms with Gasteiger partial charge in [0.25, 0.3) is 0 Å². The molecular weight excluding hydrogens is 234 g/mol. The summed E-state index contributed by atoms with van der Waals surface area (Å²) < 4.78 is 1.95. The summed E-state index contributed by atoms with van der Waals surface area (Å²) in [5.41, 5.74) is 9.85. The molecule has 0 aliphatic heterocycles. The van der Waals surface area contributed by atoms with Crippen molar-refractivity contribution in [3.8, 4) is 0 Å². The molecule has 0 aliphatic rings. The predicted molar refractivity (Wildman–Crippen MR) is 80.2 cm³/mol. The zero-order valence-corrected chi connectivity index (χ0v) is 12.3. The first-order valence-corrected chi connectivity index (χ1v) is 6.73. The van der Waals surface area contributed by atoms with E-state index in [1.54, 1.807) is 0 Å². The molecule has 0 spiro atoms. The van der Waals surface area contributed by atoms with Crippen molar-refractivity contribution in [2.75, 3.05) is 5.73 Å². The van der Waals surface area contributed by atoms with Gasteiger partial charge in [0.1, 0.15) is 0 Å². The smallest absolute Gasteiger partial charge is 0.200 e. The quantitative estimate of drug-likeness (QED) is 0.918. The highest BCUT2D eigenvalue weighted by Gasteiger charge is 2.12. The fraction of sp³-hybridized carbons (Fsp3) is 0.438. The number of nitrogens with two attached hydrogens (primary N) is 1. The third-order valence-corrected chi connectivity index (χ3v) is 3.61. The van der Waals surface area contributed by atoms with E-state index in [1.165, 1.54) is 16.8 Å². The molecule has 0 atom stereocenters. The number of hydrogen-bond acceptors (Lipinski definition) is 2. The molecule has 0 amide bonds. The largest absolute Gasteiger partial charge is 0.369 e. The summed E-state index contributed by atoms with van der Waals surface area (Å²) in [5, 5.41) is 0. The lowest BCUT2D eigenvalue weighted by Crippen LogP contribution is -2.10. The average molecular weight is 257 g/mol. The summed E-state index contributed by atoms with van der Waals surface area (Å²) in [6.07, 6.45) is 3.85. The molecule has 0 saturated carbocycles. The topological polar surface area (TPSA) is 43.8 Å². The zero-order valence-electron chi connectivity index (χ0n) is 12.3. The van der Waals surface area contributed by atoms with Crippen molar-refractivity contribution in [3.63, 3.8) is 0 Å². The van der Waals surface area contributed by atoms with Gasteiger partial charge in [-0.1, -0.05) is 45.0 Å². The highest BCUT2D eigenvalue weighted by molar-refractivity contribution is 5.28. The Morgan fingerprint density at radius 3 is 2.21 bits per heavy atom. The normalized spacial score (nSPS) is 11.8. The molecule has 0 aliphatic carbocycles. The summed E-state index contributed by atoms with van der Waals surface area (Å²) in [4.78, 5) is 4.12. The van der Waals surface area contributed by atoms with Crippen molar-refractivity contribution in [2.45, 2.75) is 39.0 Å². The number of rotatable bonds is 3. The SMILES string of the molecule is Cn1c(CCc2ccc(C(C)(C)C)cc2)cnc1N. The lowest BCUT2D eigenvalue weighted by atomic mass is 9.86. The summed E-state index contributed by atoms with van der Waals surface area (Å²) in [5.74, 6) is 0.582. The van der Waals surface area contributed by atoms with Gasteiger partial charge in [-0.25, -0.2) is 4.98 Å². The van der Waals surface area contributed by atoms with E-state index in [0.29, 0.717) is 5.95 Å². The van der Waals surface area contributed by atoms with Crippen LogP contribution in [-0.4, -0.2) is 9.55 Å². The van der Waals surface area contributed by atoms with Crippen LogP contribution < -0.4 is 5.73 Å². The second-order valence-corrected chi connectivity index (χ2v) is 6.11. The van der Waals surface area contributed by atoms with Crippen LogP contribution in [0.3, 0.4) is 0 Å². The van der Waals surface area contributed by atoms with E-state index in [0.717, 1.165) is 12.8 Å². The molecule has 102 valence electrons. The van der Waals surface area contributed by atoms with E-state index in [1.807, 2.05) is 17.8 Å². The van der Waals surface area contributed by atoms with Crippen molar-refractivity contribution >= 4 is 5.95 Å². The van der Waals surface area contributed by atoms with E-state index in [4.69, 9.17) is 5.73 Å². The summed E-state index contributed by atoms with van der Waals surface area (Å²) in [6.45, 7) is 6.71. The molecule has 0 bridgehead atoms. The van der Waals surface area contributed by atoms with Crippen LogP contribution in [-0.2, 0) is 25.3 Å². The first-order chi connectivity index (χ1) is 8.88. The van der Waals surface area contributed by atoms with Crippen LogP contribution in [0.4, 0.5) is 5.95 Å². The molecule has 1 aromatic carbocycles. The summed E-state index contributed by atoms with van der Waals surface area (Å²) >= 11 is 0. The molecule has 2 rings (SSSR count). The molecule has 2 aromatic rings. The second-order valence-electron chi connectivity index (χ2n) is 6.11. The average Bonchev–Trinajstić information content (AvgIpc) is 2.67. The first kappa shape index (κ1) is 13.7. The Morgan fingerprint density at radius 1 is 1.11 bits per heavy atom. The van der Waals surface area contributed by atoms with Crippen LogP contribution in [0.2, 0.25) is 0 Å². The van der Waals surface area contributed by atoms with E-state index in [2.05, 4.69) is 50.0 Å². The number of nitrogens with zero attached hydrogens (tertiary/aromatic N) is 2. The van der Waals surface area contributed by atoms with Gasteiger partial charge in [-0.05, 0) is 29.4 Å². The van der Waals surface area contributed by atoms with Gasteiger partial charge in [0.15, 0.2) is 5.95 Å². The number of aromatic nitrogens is 2. The third-order valence-electron chi connectivity index (χ3n) is 3.61. The van der Waals surface area contributed by atoms with Crippen LogP contribution in [0.15, 0.2) is 30.5 Å². The molecule has 3 nitrogen and oxygen atoms in total. The van der Waals surface area contributed by atoms with Crippen LogP contribution >= 0.6 is 0 Å². The Morgan fingerprint density at radius 2 is 1.74 bits per heavy atom. The lowest BCUT2D eigenvalue weighted by Gasteiger charge is -2.19. The Kier molecular flexibility index (Phi) is 3.65. The van der Waals surface area contributed by atoms with Crippen molar-refractivity contribution in [3.05, 3.63) is 47.3 Å². The highest BCUT2D eigenvalue weighted by atomic mass is 15.1. The van der Waals surface area contributed by atoms with Crippen LogP contribution in [0.1, 0.15) is 37.6 Å². The molecule has 0 radical (unpaired) electrons. The number of hydrogen-bond donors (Lipinski definition) is 1. The number of imidazole rings is 1. The maximum Gasteiger partial charge on any atom is 0.200 e. The van der Waals surface area contributed by atoms with Crippen LogP contribution in [0.5, 0.6) is 0 Å². The minimum Gasteiger partial charge on any atom is -0.369 e. The first-order valence-electron chi connectivity index (χ1n) is 6.73. The second kappa shape index (κ2) is 5.08. The maximum absolute atomic E-state index is 5.73. The fourth-order valence-electron chi connectivity index (χ4n) is 2.14. The minimum absolute atomic E-state index is 0.217. The van der Waals surface area contributed by atoms with Gasteiger partial charge in [0.2, 0.25) is 0 Å². The van der Waals surface area contributed by atoms with Crippen LogP contribution in [0, 0.1) is 0 Å². The molecule has 0 fully saturated rings. The molecule has 1 aromatic heterocycles. The van der Waals surface area contributed by atoms with Gasteiger partial charge >= 0.3 is 0 Å². The summed E-state index contributed by atoms with van der Waals surface area (Å²) in [7, 11) is 1.96. The van der Waals surface area contributed by atoms with Crippen molar-refractivity contribution in [1.82, 2.24) is 9.55 Å². The fourth-order valence-corrected chi connectivity index (χ4v) is 2.14. The molecule has 3 heteroatoms. The number of anilines is 1. The summed E-state index contributed by atoms with van der Waals surface area (Å²) in [6, 6.07) is 8.90. The van der Waals surface area contributed by atoms with E-state index < -0.39 is 0 Å². The van der Waals surface area contributed by atoms with Crippen molar-refractivity contribution in [2.24, 2.45) is 7.05 Å². The molecule has 0 unspecified atom stereocenters. The predicted octanol–water partition coefficient (Wildman–Crippen LogP) is 3.09. The van der Waals surface area contributed by atoms with E-state index in [9.17, 15) is 0 Å². The van der Waals surface area contributed by atoms with Crippen LogP contribution in [0.25, 0.3) is 0 Å². The standard InChI is InChI=1S/C16H23N3/c1-16(2,3)13-8-5-12(6-9-13)7-10-14-11-18-15(17)19(14)4/h5-6,8-9,11H,7,10H2,1-4H3,(H2,17,18). The Hall–Kier alpha value is -1.77. The molecule has 0 saturated heterocycles. The zero-order chi connectivity index (χ0) is 14.0. The monoisotopic (exact) mass is 257 g/mol. The van der Waals surface area contributed by atoms with E-state index in [-0.39, 0.29) is 5.41 Å². The molecular formula is C16H23N3. The Balaban J connectivity index is 2.03. The van der Waals surface area contributed by atoms with Gasteiger partial charge < -0.3 is 10.3 Å². The number of benzene rings is 1. The number of nitrogen functional groups attached to an aromatic ring is 1. The van der Waals surface area contributed by atoms with Gasteiger partial charge in [-0.3, -0.25) is 0 Å². The highest BCUT2D eigenvalue weighted by Crippen LogP contribution is 2.22. The van der Waals surface area contributed by atoms with Crippen molar-refractivity contribution < 1.29 is 0 Å². The van der Waals surface area contributed by atoms with Gasteiger partial charge in [-0.15, -0.1) is 0 Å². The maximum atomic E-state index is 5.73. The van der Waals surface area contributed by atoms with E-state index >= 15 is 0 Å². The Bertz CT molecular complexity index is 544. The molecule has 2 N–H and O–H groups in total. The van der Waals surface area contributed by atoms with Gasteiger partial charge in [0, 0.05) is 12.7 Å². The molecule has 19 heavy (non-hydrogen) atoms. The minimum atomic E-state index is 0.217. The lowest BCUT2D eigenvalue weighted by molar-refractivity contribution is 0.590. The Labute approximate surface area is 115 Å². The van der Waals surface area contributed by atoms with Gasteiger partial charge in [-0.2, -0.15) is 0 Å². The van der Waals surface area contributed by atoms with Crippen molar-refractivity contribution in [1.29, 1.82) is 0 Å². The van der Waals surface area contributed by atoms with Gasteiger partial charge in [0.05, 0.1) is 6.20 Å².